The Hall–Kier alpha value is -1.56. The summed E-state index contributed by atoms with van der Waals surface area (Å²) in [5.41, 5.74) is 0. The number of hydrogen-bond acceptors (Lipinski definition) is 3. The lowest BCUT2D eigenvalue weighted by molar-refractivity contribution is -0.137. The number of aliphatic hydroxyl groups is 1. The number of rotatable bonds is 13. The van der Waals surface area contributed by atoms with Crippen molar-refractivity contribution in [3.05, 3.63) is 24.3 Å². The number of carboxylic acids is 1. The van der Waals surface area contributed by atoms with Gasteiger partial charge in [-0.05, 0) is 44.1 Å². The lowest BCUT2D eigenvalue weighted by Crippen LogP contribution is -2.33. The predicted molar refractivity (Wildman–Crippen MR) is 96.1 cm³/mol. The molecular weight excluding hydrogens is 342 g/mol. The molecule has 0 aliphatic heterocycles. The summed E-state index contributed by atoms with van der Waals surface area (Å²) in [6, 6.07) is 0. The summed E-state index contributed by atoms with van der Waals surface area (Å²) in [7, 11) is 0. The normalized spacial score (nSPS) is 21.6. The van der Waals surface area contributed by atoms with E-state index in [1.165, 1.54) is 0 Å². The lowest BCUT2D eigenvalue weighted by atomic mass is 9.86. The molecule has 0 bridgehead atoms. The second-order valence-corrected chi connectivity index (χ2v) is 6.98. The van der Waals surface area contributed by atoms with Gasteiger partial charge in [0.1, 0.15) is 6.10 Å². The molecular formula is C20H30F2O4. The summed E-state index contributed by atoms with van der Waals surface area (Å²) in [6.07, 6.45) is 8.54. The van der Waals surface area contributed by atoms with Crippen LogP contribution in [0.1, 0.15) is 64.7 Å². The van der Waals surface area contributed by atoms with E-state index in [1.807, 2.05) is 18.2 Å². The first kappa shape index (κ1) is 22.5. The zero-order chi connectivity index (χ0) is 19.6. The second kappa shape index (κ2) is 11.2. The van der Waals surface area contributed by atoms with Gasteiger partial charge in [-0.2, -0.15) is 0 Å². The van der Waals surface area contributed by atoms with E-state index < -0.39 is 18.0 Å². The van der Waals surface area contributed by atoms with Gasteiger partial charge in [-0.3, -0.25) is 9.59 Å². The highest BCUT2D eigenvalue weighted by atomic mass is 19.3. The molecule has 0 saturated carbocycles. The first-order valence-corrected chi connectivity index (χ1v) is 9.42. The van der Waals surface area contributed by atoms with Gasteiger partial charge in [0.2, 0.25) is 0 Å². The average molecular weight is 372 g/mol. The van der Waals surface area contributed by atoms with Crippen LogP contribution in [-0.4, -0.2) is 34.0 Å². The molecule has 6 heteroatoms. The molecule has 0 fully saturated rings. The van der Waals surface area contributed by atoms with Crippen LogP contribution in [0.4, 0.5) is 8.78 Å². The topological polar surface area (TPSA) is 74.6 Å². The molecule has 148 valence electrons. The van der Waals surface area contributed by atoms with Crippen molar-refractivity contribution >= 4 is 11.8 Å². The van der Waals surface area contributed by atoms with Gasteiger partial charge in [-0.25, -0.2) is 8.78 Å². The highest BCUT2D eigenvalue weighted by Gasteiger charge is 2.37. The number of aliphatic carboxylic acids is 1. The molecule has 0 spiro atoms. The molecule has 0 saturated heterocycles. The third-order valence-corrected chi connectivity index (χ3v) is 4.79. The summed E-state index contributed by atoms with van der Waals surface area (Å²) in [4.78, 5) is 22.4. The van der Waals surface area contributed by atoms with E-state index in [-0.39, 0.29) is 36.9 Å². The maximum atomic E-state index is 13.6. The van der Waals surface area contributed by atoms with Crippen LogP contribution in [0.3, 0.4) is 0 Å². The summed E-state index contributed by atoms with van der Waals surface area (Å²) in [6.45, 7) is 1.66. The van der Waals surface area contributed by atoms with Crippen molar-refractivity contribution in [2.75, 3.05) is 0 Å². The maximum absolute atomic E-state index is 13.6. The largest absolute Gasteiger partial charge is 0.481 e. The summed E-state index contributed by atoms with van der Waals surface area (Å²) < 4.78 is 27.2. The Labute approximate surface area is 154 Å². The van der Waals surface area contributed by atoms with Crippen molar-refractivity contribution in [3.8, 4) is 0 Å². The van der Waals surface area contributed by atoms with Crippen molar-refractivity contribution in [1.82, 2.24) is 0 Å². The predicted octanol–water partition coefficient (Wildman–Crippen LogP) is 4.53. The minimum absolute atomic E-state index is 0.0122. The number of ketones is 1. The van der Waals surface area contributed by atoms with Gasteiger partial charge in [0, 0.05) is 18.8 Å². The molecule has 0 aromatic heterocycles. The van der Waals surface area contributed by atoms with E-state index in [4.69, 9.17) is 5.11 Å². The van der Waals surface area contributed by atoms with Gasteiger partial charge in [0.25, 0.3) is 5.92 Å². The van der Waals surface area contributed by atoms with Gasteiger partial charge in [0.15, 0.2) is 5.78 Å². The second-order valence-electron chi connectivity index (χ2n) is 6.98. The molecule has 1 rings (SSSR count). The minimum atomic E-state index is -3.05. The van der Waals surface area contributed by atoms with Crippen LogP contribution in [0.15, 0.2) is 24.3 Å². The Balaban J connectivity index is 2.36. The molecule has 3 atom stereocenters. The van der Waals surface area contributed by atoms with E-state index in [2.05, 4.69) is 0 Å². The fraction of sp³-hybridized carbons (Fsp3) is 0.700. The van der Waals surface area contributed by atoms with E-state index in [0.717, 1.165) is 0 Å². The fourth-order valence-electron chi connectivity index (χ4n) is 3.27. The number of carbonyl (C=O) groups excluding carboxylic acids is 1. The zero-order valence-electron chi connectivity index (χ0n) is 15.4. The molecule has 0 aromatic rings. The van der Waals surface area contributed by atoms with Gasteiger partial charge in [-0.1, -0.05) is 38.0 Å². The van der Waals surface area contributed by atoms with Crippen LogP contribution in [0, 0.1) is 11.8 Å². The van der Waals surface area contributed by atoms with Gasteiger partial charge < -0.3 is 10.2 Å². The molecule has 1 aliphatic carbocycles. The van der Waals surface area contributed by atoms with Gasteiger partial charge >= 0.3 is 5.97 Å². The number of alkyl halides is 2. The lowest BCUT2D eigenvalue weighted by Gasteiger charge is -2.23. The first-order chi connectivity index (χ1) is 12.3. The summed E-state index contributed by atoms with van der Waals surface area (Å²) >= 11 is 0. The van der Waals surface area contributed by atoms with Crippen molar-refractivity contribution in [1.29, 1.82) is 0 Å². The Morgan fingerprint density at radius 2 is 2.08 bits per heavy atom. The number of carbonyl (C=O) groups is 2. The van der Waals surface area contributed by atoms with Crippen LogP contribution in [-0.2, 0) is 9.59 Å². The Bertz CT molecular complexity index is 514. The van der Waals surface area contributed by atoms with Gasteiger partial charge in [0.05, 0.1) is 0 Å². The average Bonchev–Trinajstić information content (AvgIpc) is 2.90. The molecule has 1 aliphatic rings. The van der Waals surface area contributed by atoms with Crippen LogP contribution in [0.2, 0.25) is 0 Å². The number of carboxylic acid groups (broad SMARTS) is 1. The highest BCUT2D eigenvalue weighted by molar-refractivity contribution is 5.94. The van der Waals surface area contributed by atoms with Crippen molar-refractivity contribution in [2.24, 2.45) is 11.8 Å². The molecule has 0 amide bonds. The number of unbranched alkanes of at least 4 members (excludes halogenated alkanes) is 1. The Morgan fingerprint density at radius 3 is 2.73 bits per heavy atom. The minimum Gasteiger partial charge on any atom is -0.481 e. The standard InChI is InChI=1S/C20H30F2O4/c1-2-14-20(21,22)18(24)10-7-8-15-12-13-17(23)16(15)9-5-3-4-6-11-19(25)26/h3,5,12-13,15-16,18,24H,2,4,6-11,14H2,1H3,(H,25,26)/b5-3-/t15-,16-,18-/m1/s1. The Morgan fingerprint density at radius 1 is 1.35 bits per heavy atom. The van der Waals surface area contributed by atoms with E-state index in [9.17, 15) is 23.5 Å². The third kappa shape index (κ3) is 7.77. The monoisotopic (exact) mass is 372 g/mol. The molecule has 0 aromatic carbocycles. The molecule has 0 unspecified atom stereocenters. The van der Waals surface area contributed by atoms with E-state index in [1.54, 1.807) is 13.0 Å². The van der Waals surface area contributed by atoms with Crippen LogP contribution < -0.4 is 0 Å². The Kier molecular flexibility index (Phi) is 9.70. The number of halogens is 2. The molecule has 2 N–H and O–H groups in total. The maximum Gasteiger partial charge on any atom is 0.303 e. The van der Waals surface area contributed by atoms with Crippen molar-refractivity contribution < 1.29 is 28.6 Å². The number of aliphatic hydroxyl groups excluding tert-OH is 1. The molecule has 26 heavy (non-hydrogen) atoms. The van der Waals surface area contributed by atoms with Crippen molar-refractivity contribution in [3.63, 3.8) is 0 Å². The fourth-order valence-corrected chi connectivity index (χ4v) is 3.27. The SMILES string of the molecule is CCCC(F)(F)[C@H](O)CCC[C@@H]1C=CC(=O)[C@@H]1C/C=C\CCCC(=O)O. The zero-order valence-corrected chi connectivity index (χ0v) is 15.4. The van der Waals surface area contributed by atoms with Gasteiger partial charge in [-0.15, -0.1) is 0 Å². The first-order valence-electron chi connectivity index (χ1n) is 9.42. The number of hydrogen-bond donors (Lipinski definition) is 2. The van der Waals surface area contributed by atoms with Crippen LogP contribution >= 0.6 is 0 Å². The molecule has 0 radical (unpaired) electrons. The van der Waals surface area contributed by atoms with Crippen LogP contribution in [0.5, 0.6) is 0 Å². The molecule has 4 nitrogen and oxygen atoms in total. The van der Waals surface area contributed by atoms with E-state index >= 15 is 0 Å². The van der Waals surface area contributed by atoms with Crippen LogP contribution in [0.25, 0.3) is 0 Å². The van der Waals surface area contributed by atoms with Crippen molar-refractivity contribution in [2.45, 2.75) is 76.7 Å². The number of allylic oxidation sites excluding steroid dienone is 4. The summed E-state index contributed by atoms with van der Waals surface area (Å²) in [5, 5.41) is 18.2. The summed E-state index contributed by atoms with van der Waals surface area (Å²) in [5.74, 6) is -3.99. The quantitative estimate of drug-likeness (QED) is 0.368. The third-order valence-electron chi connectivity index (χ3n) is 4.79. The smallest absolute Gasteiger partial charge is 0.303 e. The molecule has 0 heterocycles. The highest BCUT2D eigenvalue weighted by Crippen LogP contribution is 2.32. The van der Waals surface area contributed by atoms with E-state index in [0.29, 0.717) is 38.5 Å².